The van der Waals surface area contributed by atoms with E-state index in [1.807, 2.05) is 30.3 Å². The molecule has 6 heteroatoms. The smallest absolute Gasteiger partial charge is 0.269 e. The van der Waals surface area contributed by atoms with Crippen molar-refractivity contribution >= 4 is 29.5 Å². The van der Waals surface area contributed by atoms with E-state index < -0.39 is 8.07 Å². The summed E-state index contributed by atoms with van der Waals surface area (Å²) < 4.78 is 11.0. The second kappa shape index (κ2) is 8.93. The van der Waals surface area contributed by atoms with Crippen LogP contribution in [0.1, 0.15) is 38.8 Å². The highest BCUT2D eigenvalue weighted by Gasteiger charge is 2.46. The summed E-state index contributed by atoms with van der Waals surface area (Å²) in [5.74, 6) is 1.38. The van der Waals surface area contributed by atoms with Gasteiger partial charge in [-0.05, 0) is 68.7 Å². The van der Waals surface area contributed by atoms with E-state index in [0.717, 1.165) is 5.69 Å². The van der Waals surface area contributed by atoms with Crippen LogP contribution < -0.4 is 19.7 Å². The number of hydrogen-bond donors (Lipinski definition) is 1. The van der Waals surface area contributed by atoms with Crippen molar-refractivity contribution in [3.8, 4) is 40.0 Å². The number of rotatable bonds is 3. The second-order valence-corrected chi connectivity index (χ2v) is 18.0. The van der Waals surface area contributed by atoms with Crippen LogP contribution >= 0.6 is 0 Å². The maximum absolute atomic E-state index is 10.4. The van der Waals surface area contributed by atoms with Crippen molar-refractivity contribution in [3.63, 3.8) is 0 Å². The van der Waals surface area contributed by atoms with Gasteiger partial charge in [0.05, 0.1) is 28.1 Å². The predicted molar refractivity (Wildman–Crippen MR) is 178 cm³/mol. The quantitative estimate of drug-likeness (QED) is 0.137. The number of hydrogen-bond acceptors (Lipinski definition) is 3. The Bertz CT molecular complexity index is 2160. The fourth-order valence-electron chi connectivity index (χ4n) is 7.33. The van der Waals surface area contributed by atoms with Crippen LogP contribution in [-0.4, -0.2) is 22.7 Å². The molecule has 2 aliphatic rings. The van der Waals surface area contributed by atoms with E-state index in [0.29, 0.717) is 22.9 Å². The first-order valence-electron chi connectivity index (χ1n) is 15.2. The molecule has 0 bridgehead atoms. The summed E-state index contributed by atoms with van der Waals surface area (Å²) in [5, 5.41) is 13.2. The monoisotopic (exact) mass is 593 g/mol. The van der Waals surface area contributed by atoms with Gasteiger partial charge in [0.2, 0.25) is 5.88 Å². The molecule has 2 aromatic heterocycles. The first kappa shape index (κ1) is 26.9. The number of nitrogens with zero attached hydrogens (tertiary/aromatic N) is 3. The second-order valence-electron chi connectivity index (χ2n) is 13.7. The topological polar surface area (TPSA) is 51.2 Å². The largest absolute Gasteiger partial charge is 0.507 e. The molecule has 5 nitrogen and oxygen atoms in total. The van der Waals surface area contributed by atoms with Gasteiger partial charge in [-0.2, -0.15) is 0 Å². The van der Waals surface area contributed by atoms with E-state index in [1.165, 1.54) is 38.2 Å². The van der Waals surface area contributed by atoms with Crippen molar-refractivity contribution in [2.75, 3.05) is 0 Å². The Morgan fingerprint density at radius 3 is 2.34 bits per heavy atom. The molecule has 0 aliphatic carbocycles. The Labute approximate surface area is 259 Å². The summed E-state index contributed by atoms with van der Waals surface area (Å²) in [6, 6.07) is 32.9. The van der Waals surface area contributed by atoms with Crippen LogP contribution in [0.15, 0.2) is 97.1 Å². The molecular weight excluding hydrogens is 559 g/mol. The Hall–Kier alpha value is -4.68. The van der Waals surface area contributed by atoms with Crippen molar-refractivity contribution in [2.45, 2.75) is 51.6 Å². The SMILES string of the molecule is CC1(C)c2ccccc2-[n+]2[c-]n3c4c(ccc(c42)C1(C)C)[Si](C)(C)c1ccc(Oc2cccc(-c4ccccc4O)n2)cc1-3. The molecule has 218 valence electrons. The minimum absolute atomic E-state index is 0.0935. The van der Waals surface area contributed by atoms with Crippen molar-refractivity contribution in [2.24, 2.45) is 0 Å². The van der Waals surface area contributed by atoms with Gasteiger partial charge < -0.3 is 9.84 Å². The van der Waals surface area contributed by atoms with Gasteiger partial charge in [0.25, 0.3) is 6.33 Å². The Kier molecular flexibility index (Phi) is 5.46. The number of ether oxygens (including phenoxy) is 1. The third kappa shape index (κ3) is 3.52. The van der Waals surface area contributed by atoms with E-state index in [9.17, 15) is 5.11 Å². The number of benzene rings is 4. The van der Waals surface area contributed by atoms with Gasteiger partial charge in [0.15, 0.2) is 0 Å². The zero-order chi connectivity index (χ0) is 30.6. The molecule has 44 heavy (non-hydrogen) atoms. The van der Waals surface area contributed by atoms with Crippen molar-refractivity contribution < 1.29 is 14.4 Å². The maximum atomic E-state index is 10.4. The number of imidazole rings is 1. The van der Waals surface area contributed by atoms with Crippen LogP contribution in [0.2, 0.25) is 13.1 Å². The fraction of sp³-hybridized carbons (Fsp3) is 0.211. The zero-order valence-corrected chi connectivity index (χ0v) is 26.9. The van der Waals surface area contributed by atoms with Gasteiger partial charge in [-0.1, -0.05) is 95.4 Å². The van der Waals surface area contributed by atoms with Crippen LogP contribution in [0.4, 0.5) is 0 Å². The van der Waals surface area contributed by atoms with Gasteiger partial charge in [-0.25, -0.2) is 4.98 Å². The first-order valence-corrected chi connectivity index (χ1v) is 18.2. The van der Waals surface area contributed by atoms with Gasteiger partial charge in [-0.15, -0.1) is 0 Å². The lowest BCUT2D eigenvalue weighted by molar-refractivity contribution is -0.573. The molecule has 4 aromatic carbocycles. The Morgan fingerprint density at radius 1 is 0.795 bits per heavy atom. The first-order chi connectivity index (χ1) is 21.0. The fourth-order valence-corrected chi connectivity index (χ4v) is 10.3. The van der Waals surface area contributed by atoms with Crippen molar-refractivity contribution in [1.29, 1.82) is 0 Å². The lowest BCUT2D eigenvalue weighted by Crippen LogP contribution is -2.57. The lowest BCUT2D eigenvalue weighted by Gasteiger charge is -2.43. The summed E-state index contributed by atoms with van der Waals surface area (Å²) in [6.45, 7) is 14.4. The number of aromatic hydroxyl groups is 1. The van der Waals surface area contributed by atoms with E-state index in [2.05, 4.69) is 111 Å². The van der Waals surface area contributed by atoms with Gasteiger partial charge in [0.1, 0.15) is 19.6 Å². The zero-order valence-electron chi connectivity index (χ0n) is 25.9. The molecule has 6 aromatic rings. The number of phenolic OH excluding ortho intramolecular Hbond substituents is 1. The molecule has 8 rings (SSSR count). The number of fused-ring (bicyclic) bond motifs is 4. The maximum Gasteiger partial charge on any atom is 0.269 e. The third-order valence-electron chi connectivity index (χ3n) is 10.5. The Morgan fingerprint density at radius 2 is 1.52 bits per heavy atom. The minimum Gasteiger partial charge on any atom is -0.507 e. The van der Waals surface area contributed by atoms with Gasteiger partial charge in [0, 0.05) is 11.6 Å². The summed E-state index contributed by atoms with van der Waals surface area (Å²) in [5.41, 5.74) is 8.59. The number of pyridine rings is 1. The molecule has 1 N–H and O–H groups in total. The number of para-hydroxylation sites is 2. The van der Waals surface area contributed by atoms with E-state index >= 15 is 0 Å². The summed E-state index contributed by atoms with van der Waals surface area (Å²) in [7, 11) is -2.08. The molecule has 0 radical (unpaired) electrons. The highest BCUT2D eigenvalue weighted by atomic mass is 28.3. The predicted octanol–water partition coefficient (Wildman–Crippen LogP) is 6.97. The molecule has 0 saturated carbocycles. The molecule has 0 fully saturated rings. The standard InChI is InChI=1S/C38H35N3O2Si/c1-37(2)26-13-8-9-15-29(26)40-23-41-30-22-24(43-34-17-11-14-28(39-34)25-12-7-10-16-31(25)42)18-20-32(30)44(5,6)33-21-19-27(38(37,3)4)35(40)36(33)41/h7-22,42H,1-6H3. The van der Waals surface area contributed by atoms with Gasteiger partial charge >= 0.3 is 0 Å². The van der Waals surface area contributed by atoms with Crippen LogP contribution in [0.25, 0.3) is 33.7 Å². The molecule has 0 spiro atoms. The highest BCUT2D eigenvalue weighted by molar-refractivity contribution is 7.02. The molecule has 0 atom stereocenters. The van der Waals surface area contributed by atoms with Crippen molar-refractivity contribution in [1.82, 2.24) is 9.55 Å². The molecular formula is C38H35N3O2Si. The van der Waals surface area contributed by atoms with Crippen LogP contribution in [0.3, 0.4) is 0 Å². The van der Waals surface area contributed by atoms with E-state index in [-0.39, 0.29) is 16.6 Å². The third-order valence-corrected chi connectivity index (χ3v) is 14.1. The molecule has 0 unspecified atom stereocenters. The van der Waals surface area contributed by atoms with Crippen LogP contribution in [-0.2, 0) is 10.8 Å². The van der Waals surface area contributed by atoms with E-state index in [1.54, 1.807) is 12.1 Å². The number of aromatic nitrogens is 3. The van der Waals surface area contributed by atoms with Crippen LogP contribution in [0.5, 0.6) is 17.4 Å². The average Bonchev–Trinajstić information content (AvgIpc) is 3.39. The molecule has 4 heterocycles. The normalized spacial score (nSPS) is 16.6. The van der Waals surface area contributed by atoms with Crippen molar-refractivity contribution in [3.05, 3.63) is 115 Å². The Balaban J connectivity index is 1.32. The molecule has 0 amide bonds. The van der Waals surface area contributed by atoms with Crippen LogP contribution in [0, 0.1) is 6.33 Å². The summed E-state index contributed by atoms with van der Waals surface area (Å²) in [4.78, 5) is 4.72. The van der Waals surface area contributed by atoms with E-state index in [4.69, 9.17) is 9.72 Å². The molecule has 2 aliphatic heterocycles. The highest BCUT2D eigenvalue weighted by Crippen LogP contribution is 2.49. The number of phenols is 1. The summed E-state index contributed by atoms with van der Waals surface area (Å²) in [6.07, 6.45) is 3.82. The average molecular weight is 594 g/mol. The minimum atomic E-state index is -2.08. The van der Waals surface area contributed by atoms with Gasteiger partial charge in [-0.3, -0.25) is 9.13 Å². The molecule has 0 saturated heterocycles. The lowest BCUT2D eigenvalue weighted by atomic mass is 9.61. The summed E-state index contributed by atoms with van der Waals surface area (Å²) >= 11 is 0.